The van der Waals surface area contributed by atoms with Crippen molar-refractivity contribution in [2.75, 3.05) is 9.62 Å². The highest BCUT2D eigenvalue weighted by Crippen LogP contribution is 2.33. The monoisotopic (exact) mass is 392 g/mol. The Bertz CT molecular complexity index is 1130. The average molecular weight is 392 g/mol. The first-order valence-corrected chi connectivity index (χ1v) is 10.5. The minimum Gasteiger partial charge on any atom is -0.305 e. The van der Waals surface area contributed by atoms with Gasteiger partial charge in [0, 0.05) is 23.0 Å². The molecule has 3 aromatic rings. The molecule has 0 saturated heterocycles. The molecule has 142 valence electrons. The van der Waals surface area contributed by atoms with Crippen molar-refractivity contribution in [3.8, 4) is 0 Å². The second kappa shape index (κ2) is 7.13. The maximum absolute atomic E-state index is 13.2. The molecule has 1 aliphatic heterocycles. The Balaban J connectivity index is 1.62. The minimum atomic E-state index is -3.71. The zero-order valence-corrected chi connectivity index (χ0v) is 16.2. The summed E-state index contributed by atoms with van der Waals surface area (Å²) in [7, 11) is -3.71. The molecule has 1 atom stereocenters. The first-order chi connectivity index (χ1) is 13.5. The van der Waals surface area contributed by atoms with E-state index in [0.29, 0.717) is 11.3 Å². The van der Waals surface area contributed by atoms with Crippen LogP contribution in [0.25, 0.3) is 0 Å². The third-order valence-corrected chi connectivity index (χ3v) is 6.24. The molecule has 1 unspecified atom stereocenters. The summed E-state index contributed by atoms with van der Waals surface area (Å²) in [5, 5.41) is 0. The SMILES string of the molecule is CC1Cc2ccccc2N1C(=O)c1cccc(NS(=O)(=O)c2ccccc2)c1. The molecule has 0 fully saturated rings. The highest BCUT2D eigenvalue weighted by molar-refractivity contribution is 7.92. The molecule has 0 aromatic heterocycles. The number of fused-ring (bicyclic) bond motifs is 1. The highest BCUT2D eigenvalue weighted by atomic mass is 32.2. The Morgan fingerprint density at radius 1 is 0.964 bits per heavy atom. The molecule has 6 heteroatoms. The topological polar surface area (TPSA) is 66.5 Å². The summed E-state index contributed by atoms with van der Waals surface area (Å²) >= 11 is 0. The summed E-state index contributed by atoms with van der Waals surface area (Å²) in [6, 6.07) is 22.7. The smallest absolute Gasteiger partial charge is 0.261 e. The van der Waals surface area contributed by atoms with Crippen LogP contribution in [-0.2, 0) is 16.4 Å². The Hall–Kier alpha value is -3.12. The number of para-hydroxylation sites is 1. The molecule has 5 nitrogen and oxygen atoms in total. The number of hydrogen-bond donors (Lipinski definition) is 1. The fourth-order valence-corrected chi connectivity index (χ4v) is 4.61. The predicted octanol–water partition coefficient (Wildman–Crippen LogP) is 4.08. The third kappa shape index (κ3) is 3.39. The lowest BCUT2D eigenvalue weighted by molar-refractivity contribution is 0.0981. The van der Waals surface area contributed by atoms with Crippen LogP contribution in [0, 0.1) is 0 Å². The van der Waals surface area contributed by atoms with Crippen molar-refractivity contribution in [2.45, 2.75) is 24.3 Å². The normalized spacial score (nSPS) is 15.9. The summed E-state index contributed by atoms with van der Waals surface area (Å²) in [5.41, 5.74) is 2.85. The Labute approximate surface area is 164 Å². The van der Waals surface area contributed by atoms with Gasteiger partial charge in [0.15, 0.2) is 0 Å². The number of nitrogens with one attached hydrogen (secondary N) is 1. The molecular weight excluding hydrogens is 372 g/mol. The van der Waals surface area contributed by atoms with Crippen LogP contribution >= 0.6 is 0 Å². The average Bonchev–Trinajstić information content (AvgIpc) is 3.03. The molecule has 0 aliphatic carbocycles. The second-order valence-corrected chi connectivity index (χ2v) is 8.54. The van der Waals surface area contributed by atoms with Crippen LogP contribution in [0.4, 0.5) is 11.4 Å². The van der Waals surface area contributed by atoms with Crippen molar-refractivity contribution in [3.05, 3.63) is 90.0 Å². The quantitative estimate of drug-likeness (QED) is 0.728. The minimum absolute atomic E-state index is 0.0505. The van der Waals surface area contributed by atoms with Gasteiger partial charge < -0.3 is 4.90 Å². The molecule has 1 N–H and O–H groups in total. The summed E-state index contributed by atoms with van der Waals surface area (Å²) in [6.07, 6.45) is 0.808. The van der Waals surface area contributed by atoms with Crippen LogP contribution in [0.15, 0.2) is 83.8 Å². The van der Waals surface area contributed by atoms with E-state index in [2.05, 4.69) is 4.72 Å². The van der Waals surface area contributed by atoms with Gasteiger partial charge >= 0.3 is 0 Å². The Kier molecular flexibility index (Phi) is 4.65. The van der Waals surface area contributed by atoms with Crippen LogP contribution in [0.3, 0.4) is 0 Å². The number of carbonyl (C=O) groups is 1. The van der Waals surface area contributed by atoms with Gasteiger partial charge in [-0.15, -0.1) is 0 Å². The van der Waals surface area contributed by atoms with Crippen LogP contribution in [0.2, 0.25) is 0 Å². The summed E-state index contributed by atoms with van der Waals surface area (Å²) in [6.45, 7) is 2.01. The van der Waals surface area contributed by atoms with Gasteiger partial charge in [0.2, 0.25) is 0 Å². The van der Waals surface area contributed by atoms with Crippen molar-refractivity contribution in [2.24, 2.45) is 0 Å². The maximum Gasteiger partial charge on any atom is 0.261 e. The van der Waals surface area contributed by atoms with Crippen molar-refractivity contribution >= 4 is 27.3 Å². The summed E-state index contributed by atoms with van der Waals surface area (Å²) in [4.78, 5) is 15.1. The number of nitrogens with zero attached hydrogens (tertiary/aromatic N) is 1. The Morgan fingerprint density at radius 3 is 2.46 bits per heavy atom. The van der Waals surface area contributed by atoms with Crippen LogP contribution < -0.4 is 9.62 Å². The van der Waals surface area contributed by atoms with Gasteiger partial charge in [0.1, 0.15) is 0 Å². The van der Waals surface area contributed by atoms with E-state index < -0.39 is 10.0 Å². The van der Waals surface area contributed by atoms with E-state index in [1.54, 1.807) is 47.4 Å². The fourth-order valence-electron chi connectivity index (χ4n) is 3.54. The molecular formula is C22H20N2O3S. The van der Waals surface area contributed by atoms with Gasteiger partial charge in [-0.3, -0.25) is 9.52 Å². The summed E-state index contributed by atoms with van der Waals surface area (Å²) < 4.78 is 27.6. The first-order valence-electron chi connectivity index (χ1n) is 9.05. The van der Waals surface area contributed by atoms with Crippen molar-refractivity contribution in [1.82, 2.24) is 0 Å². The van der Waals surface area contributed by atoms with Gasteiger partial charge in [-0.05, 0) is 55.3 Å². The molecule has 28 heavy (non-hydrogen) atoms. The largest absolute Gasteiger partial charge is 0.305 e. The standard InChI is InChI=1S/C22H20N2O3S/c1-16-14-17-8-5-6-13-21(17)24(16)22(25)18-9-7-10-19(15-18)23-28(26,27)20-11-3-2-4-12-20/h2-13,15-16,23H,14H2,1H3. The zero-order chi connectivity index (χ0) is 19.7. The highest BCUT2D eigenvalue weighted by Gasteiger charge is 2.31. The number of sulfonamides is 1. The maximum atomic E-state index is 13.2. The molecule has 0 radical (unpaired) electrons. The van der Waals surface area contributed by atoms with E-state index in [1.807, 2.05) is 31.2 Å². The van der Waals surface area contributed by atoms with E-state index in [9.17, 15) is 13.2 Å². The fraction of sp³-hybridized carbons (Fsp3) is 0.136. The number of amides is 1. The van der Waals surface area contributed by atoms with E-state index >= 15 is 0 Å². The third-order valence-electron chi connectivity index (χ3n) is 4.84. The van der Waals surface area contributed by atoms with E-state index in [1.165, 1.54) is 12.1 Å². The van der Waals surface area contributed by atoms with Gasteiger partial charge in [0.05, 0.1) is 4.90 Å². The number of anilines is 2. The number of rotatable bonds is 4. The molecule has 0 spiro atoms. The summed E-state index contributed by atoms with van der Waals surface area (Å²) in [5.74, 6) is -0.141. The lowest BCUT2D eigenvalue weighted by Gasteiger charge is -2.23. The molecule has 0 saturated carbocycles. The number of hydrogen-bond acceptors (Lipinski definition) is 3. The molecule has 0 bridgehead atoms. The second-order valence-electron chi connectivity index (χ2n) is 6.86. The van der Waals surface area contributed by atoms with E-state index in [4.69, 9.17) is 0 Å². The molecule has 1 amide bonds. The van der Waals surface area contributed by atoms with Crippen molar-refractivity contribution in [1.29, 1.82) is 0 Å². The predicted molar refractivity (Wildman–Crippen MR) is 110 cm³/mol. The molecule has 3 aromatic carbocycles. The van der Waals surface area contributed by atoms with E-state index in [0.717, 1.165) is 17.7 Å². The zero-order valence-electron chi connectivity index (χ0n) is 15.4. The van der Waals surface area contributed by atoms with Crippen LogP contribution in [-0.4, -0.2) is 20.4 Å². The number of carbonyl (C=O) groups excluding carboxylic acids is 1. The lowest BCUT2D eigenvalue weighted by Crippen LogP contribution is -2.35. The van der Waals surface area contributed by atoms with Gasteiger partial charge in [0.25, 0.3) is 15.9 Å². The lowest BCUT2D eigenvalue weighted by atomic mass is 10.1. The van der Waals surface area contributed by atoms with Crippen molar-refractivity contribution in [3.63, 3.8) is 0 Å². The van der Waals surface area contributed by atoms with Crippen LogP contribution in [0.1, 0.15) is 22.8 Å². The van der Waals surface area contributed by atoms with Gasteiger partial charge in [-0.25, -0.2) is 8.42 Å². The van der Waals surface area contributed by atoms with E-state index in [-0.39, 0.29) is 16.8 Å². The Morgan fingerprint density at radius 2 is 1.68 bits per heavy atom. The van der Waals surface area contributed by atoms with Gasteiger partial charge in [-0.1, -0.05) is 42.5 Å². The molecule has 1 aliphatic rings. The molecule has 1 heterocycles. The van der Waals surface area contributed by atoms with Crippen molar-refractivity contribution < 1.29 is 13.2 Å². The van der Waals surface area contributed by atoms with Crippen LogP contribution in [0.5, 0.6) is 0 Å². The van der Waals surface area contributed by atoms with Gasteiger partial charge in [-0.2, -0.15) is 0 Å². The number of benzene rings is 3. The molecule has 4 rings (SSSR count). The first kappa shape index (κ1) is 18.3.